The van der Waals surface area contributed by atoms with Gasteiger partial charge < -0.3 is 25.1 Å². The maximum Gasteiger partial charge on any atom is 0.407 e. The molecule has 0 saturated carbocycles. The number of carbonyl (C=O) groups excluding carboxylic acids is 3. The summed E-state index contributed by atoms with van der Waals surface area (Å²) in [5.41, 5.74) is 9.02. The van der Waals surface area contributed by atoms with Crippen LogP contribution in [0.5, 0.6) is 5.75 Å². The molecule has 2 aromatic heterocycles. The van der Waals surface area contributed by atoms with Gasteiger partial charge in [-0.15, -0.1) is 0 Å². The molecule has 0 aliphatic carbocycles. The second kappa shape index (κ2) is 12.6. The Morgan fingerprint density at radius 2 is 1.90 bits per heavy atom. The van der Waals surface area contributed by atoms with Gasteiger partial charge in [0.25, 0.3) is 5.91 Å². The van der Waals surface area contributed by atoms with E-state index in [1.54, 1.807) is 46.5 Å². The third-order valence-electron chi connectivity index (χ3n) is 6.25. The van der Waals surface area contributed by atoms with Gasteiger partial charge in [0.1, 0.15) is 23.6 Å². The SMILES string of the molecule is CCn1nc(C)cc1C(=O)Nc1nc2cc(C(N)=O)cc(OC)c2n1CCCNC(=O)OCc1ccc(C#N)cc1. The molecular formula is C28H30N8O5. The highest BCUT2D eigenvalue weighted by molar-refractivity contribution is 6.04. The van der Waals surface area contributed by atoms with Gasteiger partial charge in [-0.3, -0.25) is 19.6 Å². The van der Waals surface area contributed by atoms with Crippen LogP contribution in [0.25, 0.3) is 11.0 Å². The van der Waals surface area contributed by atoms with E-state index in [-0.39, 0.29) is 24.7 Å². The molecule has 0 radical (unpaired) electrons. The zero-order valence-corrected chi connectivity index (χ0v) is 22.9. The van der Waals surface area contributed by atoms with E-state index in [9.17, 15) is 14.4 Å². The maximum atomic E-state index is 13.2. The smallest absolute Gasteiger partial charge is 0.407 e. The number of primary amides is 1. The molecule has 4 aromatic rings. The van der Waals surface area contributed by atoms with Gasteiger partial charge in [-0.1, -0.05) is 12.1 Å². The summed E-state index contributed by atoms with van der Waals surface area (Å²) in [5, 5.41) is 18.8. The highest BCUT2D eigenvalue weighted by Crippen LogP contribution is 2.31. The second-order valence-corrected chi connectivity index (χ2v) is 9.10. The van der Waals surface area contributed by atoms with Crippen LogP contribution >= 0.6 is 0 Å². The van der Waals surface area contributed by atoms with E-state index in [2.05, 4.69) is 20.7 Å². The van der Waals surface area contributed by atoms with Crippen molar-refractivity contribution in [1.29, 1.82) is 5.26 Å². The van der Waals surface area contributed by atoms with E-state index in [0.717, 1.165) is 5.56 Å². The maximum absolute atomic E-state index is 13.2. The number of aryl methyl sites for hydroxylation is 3. The summed E-state index contributed by atoms with van der Waals surface area (Å²) in [6.07, 6.45) is -0.141. The molecule has 0 fully saturated rings. The number of nitrogens with one attached hydrogen (secondary N) is 2. The Morgan fingerprint density at radius 3 is 2.56 bits per heavy atom. The van der Waals surface area contributed by atoms with E-state index in [1.165, 1.54) is 19.2 Å². The van der Waals surface area contributed by atoms with Gasteiger partial charge in [0, 0.05) is 25.2 Å². The van der Waals surface area contributed by atoms with Crippen LogP contribution in [0.3, 0.4) is 0 Å². The highest BCUT2D eigenvalue weighted by Gasteiger charge is 2.21. The average Bonchev–Trinajstić information content (AvgIpc) is 3.53. The third kappa shape index (κ3) is 6.62. The Hall–Kier alpha value is -5.38. The number of methoxy groups -OCH3 is 1. The number of aromatic nitrogens is 4. The molecule has 3 amide bonds. The van der Waals surface area contributed by atoms with Crippen LogP contribution in [0.15, 0.2) is 42.5 Å². The van der Waals surface area contributed by atoms with Crippen LogP contribution in [0.1, 0.15) is 51.0 Å². The minimum absolute atomic E-state index is 0.0626. The molecule has 41 heavy (non-hydrogen) atoms. The molecule has 0 unspecified atom stereocenters. The number of benzene rings is 2. The van der Waals surface area contributed by atoms with Crippen molar-refractivity contribution in [2.24, 2.45) is 5.73 Å². The van der Waals surface area contributed by atoms with Gasteiger partial charge in [0.15, 0.2) is 0 Å². The molecule has 212 valence electrons. The Labute approximate surface area is 235 Å². The lowest BCUT2D eigenvalue weighted by atomic mass is 10.1. The van der Waals surface area contributed by atoms with E-state index in [0.29, 0.717) is 53.2 Å². The quantitative estimate of drug-likeness (QED) is 0.235. The predicted molar refractivity (Wildman–Crippen MR) is 149 cm³/mol. The molecular weight excluding hydrogens is 528 g/mol. The summed E-state index contributed by atoms with van der Waals surface area (Å²) in [6.45, 7) is 4.86. The largest absolute Gasteiger partial charge is 0.494 e. The van der Waals surface area contributed by atoms with Crippen molar-refractivity contribution in [3.63, 3.8) is 0 Å². The molecule has 13 nitrogen and oxygen atoms in total. The number of alkyl carbamates (subject to hydrolysis) is 1. The number of fused-ring (bicyclic) bond motifs is 1. The Balaban J connectivity index is 1.50. The number of nitrogens with zero attached hydrogens (tertiary/aromatic N) is 5. The lowest BCUT2D eigenvalue weighted by Gasteiger charge is -2.13. The fourth-order valence-electron chi connectivity index (χ4n) is 4.28. The number of imidazole rings is 1. The van der Waals surface area contributed by atoms with Gasteiger partial charge in [0.05, 0.1) is 30.0 Å². The van der Waals surface area contributed by atoms with Crippen molar-refractivity contribution in [1.82, 2.24) is 24.6 Å². The third-order valence-corrected chi connectivity index (χ3v) is 6.25. The fourth-order valence-corrected chi connectivity index (χ4v) is 4.28. The summed E-state index contributed by atoms with van der Waals surface area (Å²) in [5.74, 6) is -0.456. The standard InChI is InChI=1S/C28H30N8O5/c1-4-36-22(12-17(2)34-36)26(38)33-27-32-21-13-20(25(30)37)14-23(40-3)24(21)35(27)11-5-10-31-28(39)41-16-19-8-6-18(15-29)7-9-19/h6-9,12-14H,4-5,10-11,16H2,1-3H3,(H2,30,37)(H,31,39)(H,32,33,38). The van der Waals surface area contributed by atoms with E-state index < -0.39 is 17.9 Å². The van der Waals surface area contributed by atoms with Gasteiger partial charge in [-0.25, -0.2) is 9.78 Å². The minimum atomic E-state index is -0.642. The van der Waals surface area contributed by atoms with Gasteiger partial charge in [0.2, 0.25) is 11.9 Å². The molecule has 0 aliphatic rings. The van der Waals surface area contributed by atoms with Crippen molar-refractivity contribution in [3.8, 4) is 11.8 Å². The number of hydrogen-bond donors (Lipinski definition) is 3. The first-order valence-electron chi connectivity index (χ1n) is 12.9. The molecule has 0 saturated heterocycles. The number of nitrogens with two attached hydrogens (primary N) is 1. The fraction of sp³-hybridized carbons (Fsp3) is 0.286. The van der Waals surface area contributed by atoms with E-state index in [4.69, 9.17) is 20.5 Å². The van der Waals surface area contributed by atoms with Crippen LogP contribution in [0, 0.1) is 18.3 Å². The van der Waals surface area contributed by atoms with Crippen molar-refractivity contribution >= 4 is 34.9 Å². The number of ether oxygens (including phenoxy) is 2. The lowest BCUT2D eigenvalue weighted by Crippen LogP contribution is -2.26. The molecule has 0 atom stereocenters. The zero-order valence-electron chi connectivity index (χ0n) is 22.9. The second-order valence-electron chi connectivity index (χ2n) is 9.10. The molecule has 0 bridgehead atoms. The summed E-state index contributed by atoms with van der Waals surface area (Å²) in [7, 11) is 1.46. The number of anilines is 1. The van der Waals surface area contributed by atoms with Crippen LogP contribution < -0.4 is 21.1 Å². The Morgan fingerprint density at radius 1 is 1.15 bits per heavy atom. The summed E-state index contributed by atoms with van der Waals surface area (Å²) < 4.78 is 14.1. The van der Waals surface area contributed by atoms with Gasteiger partial charge in [-0.2, -0.15) is 10.4 Å². The van der Waals surface area contributed by atoms with Crippen LogP contribution in [0.4, 0.5) is 10.7 Å². The Bertz CT molecular complexity index is 1630. The molecule has 13 heteroatoms. The summed E-state index contributed by atoms with van der Waals surface area (Å²) in [4.78, 5) is 41.8. The van der Waals surface area contributed by atoms with Crippen molar-refractivity contribution in [2.75, 3.05) is 19.0 Å². The number of nitriles is 1. The molecule has 0 spiro atoms. The molecule has 4 rings (SSSR count). The first kappa shape index (κ1) is 28.6. The number of carbonyl (C=O) groups is 3. The molecule has 0 aliphatic heterocycles. The average molecular weight is 559 g/mol. The Kier molecular flexibility index (Phi) is 8.83. The van der Waals surface area contributed by atoms with Gasteiger partial charge in [-0.05, 0) is 56.2 Å². The number of hydrogen-bond acceptors (Lipinski definition) is 8. The normalized spacial score (nSPS) is 10.7. The topological polar surface area (TPSA) is 179 Å². The van der Waals surface area contributed by atoms with Crippen molar-refractivity contribution < 1.29 is 23.9 Å². The van der Waals surface area contributed by atoms with Crippen molar-refractivity contribution in [2.45, 2.75) is 40.0 Å². The minimum Gasteiger partial charge on any atom is -0.494 e. The first-order valence-corrected chi connectivity index (χ1v) is 12.9. The summed E-state index contributed by atoms with van der Waals surface area (Å²) in [6, 6.07) is 13.5. The molecule has 2 aromatic carbocycles. The zero-order chi connectivity index (χ0) is 29.5. The molecule has 4 N–H and O–H groups in total. The lowest BCUT2D eigenvalue weighted by molar-refractivity contribution is 0.0995. The molecule has 2 heterocycles. The van der Waals surface area contributed by atoms with Crippen LogP contribution in [0.2, 0.25) is 0 Å². The van der Waals surface area contributed by atoms with Crippen molar-refractivity contribution in [3.05, 3.63) is 70.5 Å². The van der Waals surface area contributed by atoms with E-state index in [1.807, 2.05) is 13.0 Å². The predicted octanol–water partition coefficient (Wildman–Crippen LogP) is 3.11. The highest BCUT2D eigenvalue weighted by atomic mass is 16.5. The summed E-state index contributed by atoms with van der Waals surface area (Å²) >= 11 is 0. The van der Waals surface area contributed by atoms with Crippen LogP contribution in [-0.4, -0.2) is 50.9 Å². The monoisotopic (exact) mass is 558 g/mol. The number of rotatable bonds is 11. The van der Waals surface area contributed by atoms with Gasteiger partial charge >= 0.3 is 6.09 Å². The van der Waals surface area contributed by atoms with Crippen LogP contribution in [-0.2, 0) is 24.4 Å². The number of amides is 3. The van der Waals surface area contributed by atoms with E-state index >= 15 is 0 Å². The first-order chi connectivity index (χ1) is 19.7.